The number of hydrogen-bond donors (Lipinski definition) is 2. The van der Waals surface area contributed by atoms with Crippen molar-refractivity contribution < 1.29 is 17.7 Å². The van der Waals surface area contributed by atoms with Crippen LogP contribution in [0.15, 0.2) is 72.8 Å². The van der Waals surface area contributed by atoms with E-state index in [1.807, 2.05) is 24.3 Å². The summed E-state index contributed by atoms with van der Waals surface area (Å²) in [6.07, 6.45) is 2.02. The van der Waals surface area contributed by atoms with Crippen LogP contribution >= 0.6 is 0 Å². The van der Waals surface area contributed by atoms with E-state index >= 15 is 0 Å². The molecule has 1 aromatic heterocycles. The highest BCUT2D eigenvalue weighted by molar-refractivity contribution is 5.79. The quantitative estimate of drug-likeness (QED) is 0.483. The van der Waals surface area contributed by atoms with Gasteiger partial charge in [0, 0.05) is 11.8 Å². The maximum Gasteiger partial charge on any atom is 0.273 e. The van der Waals surface area contributed by atoms with Gasteiger partial charge in [0.05, 0.1) is 11.0 Å². The summed E-state index contributed by atoms with van der Waals surface area (Å²) in [6, 6.07) is 25.0. The van der Waals surface area contributed by atoms with Gasteiger partial charge in [-0.15, -0.1) is 0 Å². The van der Waals surface area contributed by atoms with E-state index in [9.17, 15) is 0 Å². The van der Waals surface area contributed by atoms with Gasteiger partial charge in [0.15, 0.2) is 0 Å². The molecular weight excluding hydrogens is 380 g/mol. The lowest BCUT2D eigenvalue weighted by Gasteiger charge is -2.11. The largest absolute Gasteiger partial charge is 1.00 e. The Morgan fingerprint density at radius 2 is 1.41 bits per heavy atom. The minimum atomic E-state index is 0. The number of anilines is 2. The number of fused-ring (bicyclic) bond motifs is 1. The average molecular weight is 405 g/mol. The second-order valence-electron chi connectivity index (χ2n) is 6.87. The zero-order valence-electron chi connectivity index (χ0n) is 16.7. The van der Waals surface area contributed by atoms with Crippen molar-refractivity contribution >= 4 is 34.0 Å². The van der Waals surface area contributed by atoms with E-state index in [0.717, 1.165) is 46.9 Å². The van der Waals surface area contributed by atoms with Gasteiger partial charge in [-0.1, -0.05) is 50.2 Å². The molecule has 4 nitrogen and oxygen atoms in total. The van der Waals surface area contributed by atoms with Crippen LogP contribution in [0.5, 0.6) is 0 Å². The highest BCUT2D eigenvalue weighted by Gasteiger charge is 2.14. The molecule has 0 aliphatic heterocycles. The number of para-hydroxylation sites is 2. The summed E-state index contributed by atoms with van der Waals surface area (Å²) in [6.45, 7) is 4.33. The molecule has 0 fully saturated rings. The number of rotatable bonds is 6. The molecule has 3 N–H and O–H groups in total. The maximum atomic E-state index is 4.88. The summed E-state index contributed by atoms with van der Waals surface area (Å²) < 4.78 is 0. The summed E-state index contributed by atoms with van der Waals surface area (Å²) in [5.74, 6) is 1.61. The summed E-state index contributed by atoms with van der Waals surface area (Å²) >= 11 is 0. The number of nitrogens with one attached hydrogen (secondary N) is 1. The monoisotopic (exact) mass is 404 g/mol. The fourth-order valence-electron chi connectivity index (χ4n) is 3.27. The number of nitrogens with zero attached hydrogens (tertiary/aromatic N) is 2. The van der Waals surface area contributed by atoms with Crippen LogP contribution in [-0.4, -0.2) is 9.97 Å². The molecule has 4 rings (SSSR count). The number of benzene rings is 3. The van der Waals surface area contributed by atoms with E-state index in [2.05, 4.69) is 73.0 Å². The molecule has 0 aliphatic rings. The number of aromatic nitrogens is 2. The fourth-order valence-corrected chi connectivity index (χ4v) is 3.27. The van der Waals surface area contributed by atoms with E-state index in [-0.39, 0.29) is 12.4 Å². The van der Waals surface area contributed by atoms with Crippen LogP contribution in [0.1, 0.15) is 25.0 Å². The van der Waals surface area contributed by atoms with Gasteiger partial charge in [-0.2, -0.15) is 4.98 Å². The van der Waals surface area contributed by atoms with Crippen LogP contribution in [0.25, 0.3) is 11.0 Å². The summed E-state index contributed by atoms with van der Waals surface area (Å²) in [7, 11) is 0. The Balaban J connectivity index is 0.00000240. The number of quaternary nitrogens is 1. The topological polar surface area (TPSA) is 54.4 Å². The molecule has 148 valence electrons. The first kappa shape index (κ1) is 20.8. The third kappa shape index (κ3) is 4.91. The molecule has 3 aromatic carbocycles. The first-order chi connectivity index (χ1) is 13.7. The third-order valence-electron chi connectivity index (χ3n) is 4.86. The van der Waals surface area contributed by atoms with Crippen LogP contribution in [0.4, 0.5) is 23.0 Å². The molecule has 0 aliphatic carbocycles. The highest BCUT2D eigenvalue weighted by Crippen LogP contribution is 2.23. The Hall–Kier alpha value is -2.95. The molecular formula is C24H25ClN4. The fraction of sp³-hybridized carbons (Fsp3) is 0.167. The predicted octanol–water partition coefficient (Wildman–Crippen LogP) is 2.03. The van der Waals surface area contributed by atoms with Crippen LogP contribution in [0, 0.1) is 0 Å². The maximum absolute atomic E-state index is 4.88. The van der Waals surface area contributed by atoms with Gasteiger partial charge in [0.1, 0.15) is 5.69 Å². The summed E-state index contributed by atoms with van der Waals surface area (Å²) in [5.41, 5.74) is 6.55. The lowest BCUT2D eigenvalue weighted by atomic mass is 10.1. The van der Waals surface area contributed by atoms with E-state index in [1.165, 1.54) is 11.1 Å². The first-order valence-electron chi connectivity index (χ1n) is 9.81. The average Bonchev–Trinajstić information content (AvgIpc) is 2.74. The predicted molar refractivity (Wildman–Crippen MR) is 116 cm³/mol. The minimum Gasteiger partial charge on any atom is -1.00 e. The number of aryl methyl sites for hydroxylation is 2. The van der Waals surface area contributed by atoms with Gasteiger partial charge in [-0.25, -0.2) is 4.98 Å². The Labute approximate surface area is 177 Å². The van der Waals surface area contributed by atoms with Gasteiger partial charge in [-0.05, 0) is 54.3 Å². The molecule has 0 bridgehead atoms. The standard InChI is InChI=1S/C24H24N4.ClH/c1-3-17-9-7-11-19(15-17)25-23-24(26-20-12-8-10-18(4-2)16-20)28-22-14-6-5-13-21(22)27-23;/h5-16H,3-4H2,1-2H3,(H,25,27)(H,26,28);1H. The second-order valence-corrected chi connectivity index (χ2v) is 6.87. The molecule has 0 saturated heterocycles. The Bertz CT molecular complexity index is 1020. The zero-order valence-corrected chi connectivity index (χ0v) is 17.4. The third-order valence-corrected chi connectivity index (χ3v) is 4.86. The molecule has 5 heteroatoms. The van der Waals surface area contributed by atoms with Crippen molar-refractivity contribution in [1.82, 2.24) is 9.97 Å². The van der Waals surface area contributed by atoms with Crippen molar-refractivity contribution in [2.45, 2.75) is 26.7 Å². The van der Waals surface area contributed by atoms with Crippen molar-refractivity contribution in [3.05, 3.63) is 83.9 Å². The summed E-state index contributed by atoms with van der Waals surface area (Å²) in [4.78, 5) is 9.74. The van der Waals surface area contributed by atoms with Crippen molar-refractivity contribution in [1.29, 1.82) is 0 Å². The molecule has 4 aromatic rings. The van der Waals surface area contributed by atoms with E-state index in [1.54, 1.807) is 0 Å². The van der Waals surface area contributed by atoms with Crippen LogP contribution in [0.2, 0.25) is 0 Å². The number of halogens is 1. The molecule has 0 spiro atoms. The van der Waals surface area contributed by atoms with Gasteiger partial charge in [0.25, 0.3) is 5.82 Å². The van der Waals surface area contributed by atoms with Crippen LogP contribution in [-0.2, 0) is 12.8 Å². The normalized spacial score (nSPS) is 10.6. The molecule has 0 radical (unpaired) electrons. The molecule has 0 unspecified atom stereocenters. The first-order valence-corrected chi connectivity index (χ1v) is 9.81. The van der Waals surface area contributed by atoms with Gasteiger partial charge < -0.3 is 17.7 Å². The molecule has 0 saturated carbocycles. The van der Waals surface area contributed by atoms with Crippen molar-refractivity contribution in [3.8, 4) is 0 Å². The highest BCUT2D eigenvalue weighted by atomic mass is 35.5. The van der Waals surface area contributed by atoms with Crippen molar-refractivity contribution in [2.24, 2.45) is 0 Å². The molecule has 0 atom stereocenters. The minimum absolute atomic E-state index is 0. The lowest BCUT2D eigenvalue weighted by Crippen LogP contribution is -3.00. The van der Waals surface area contributed by atoms with E-state index in [4.69, 9.17) is 9.97 Å². The molecule has 0 amide bonds. The number of hydrogen-bond acceptors (Lipinski definition) is 3. The van der Waals surface area contributed by atoms with Gasteiger partial charge in [0.2, 0.25) is 5.82 Å². The van der Waals surface area contributed by atoms with E-state index in [0.29, 0.717) is 0 Å². The summed E-state index contributed by atoms with van der Waals surface area (Å²) in [5, 5.41) is 5.59. The van der Waals surface area contributed by atoms with Crippen molar-refractivity contribution in [3.63, 3.8) is 0 Å². The Morgan fingerprint density at radius 3 is 2.14 bits per heavy atom. The van der Waals surface area contributed by atoms with Crippen LogP contribution < -0.4 is 23.0 Å². The molecule has 1 heterocycles. The number of nitrogens with two attached hydrogens (primary N) is 1. The molecule has 29 heavy (non-hydrogen) atoms. The smallest absolute Gasteiger partial charge is 0.273 e. The Kier molecular flexibility index (Phi) is 6.81. The Morgan fingerprint density at radius 1 is 0.759 bits per heavy atom. The second kappa shape index (κ2) is 9.50. The lowest BCUT2D eigenvalue weighted by molar-refractivity contribution is -0.482. The SMILES string of the molecule is CCc1cccc(Nc2nc3ccccc3nc2[NH2+]c2cccc(CC)c2)c1.[Cl-]. The zero-order chi connectivity index (χ0) is 19.3. The van der Waals surface area contributed by atoms with Crippen LogP contribution in [0.3, 0.4) is 0 Å². The van der Waals surface area contributed by atoms with E-state index < -0.39 is 0 Å². The van der Waals surface area contributed by atoms with Gasteiger partial charge >= 0.3 is 0 Å². The van der Waals surface area contributed by atoms with Gasteiger partial charge in [-0.3, -0.25) is 5.32 Å². The van der Waals surface area contributed by atoms with Crippen molar-refractivity contribution in [2.75, 3.05) is 5.32 Å².